The fourth-order valence-electron chi connectivity index (χ4n) is 2.52. The number of halogens is 1. The van der Waals surface area contributed by atoms with Gasteiger partial charge < -0.3 is 9.88 Å². The van der Waals surface area contributed by atoms with Crippen molar-refractivity contribution in [2.75, 3.05) is 5.32 Å². The molecule has 1 aromatic heterocycles. The quantitative estimate of drug-likeness (QED) is 0.512. The summed E-state index contributed by atoms with van der Waals surface area (Å²) >= 11 is 3.34. The van der Waals surface area contributed by atoms with E-state index in [4.69, 9.17) is 0 Å². The van der Waals surface area contributed by atoms with Gasteiger partial charge in [-0.05, 0) is 42.8 Å². The maximum Gasteiger partial charge on any atom is 0.298 e. The van der Waals surface area contributed by atoms with E-state index in [0.717, 1.165) is 10.0 Å². The van der Waals surface area contributed by atoms with E-state index < -0.39 is 11.7 Å². The zero-order valence-corrected chi connectivity index (χ0v) is 15.3. The van der Waals surface area contributed by atoms with Gasteiger partial charge in [-0.15, -0.1) is 0 Å². The molecule has 0 aliphatic carbocycles. The van der Waals surface area contributed by atoms with Crippen LogP contribution in [-0.2, 0) is 11.3 Å². The third-order valence-electron chi connectivity index (χ3n) is 3.82. The summed E-state index contributed by atoms with van der Waals surface area (Å²) in [5, 5.41) is 2.64. The molecule has 0 unspecified atom stereocenters. The molecule has 0 atom stereocenters. The molecule has 0 saturated carbocycles. The highest BCUT2D eigenvalue weighted by molar-refractivity contribution is 9.10. The number of ketones is 1. The Morgan fingerprint density at radius 3 is 2.52 bits per heavy atom. The van der Waals surface area contributed by atoms with Crippen LogP contribution in [0.25, 0.3) is 0 Å². The van der Waals surface area contributed by atoms with E-state index in [1.165, 1.54) is 5.56 Å². The number of hydrogen-bond acceptors (Lipinski definition) is 2. The van der Waals surface area contributed by atoms with Gasteiger partial charge in [-0.1, -0.05) is 51.8 Å². The maximum atomic E-state index is 12.5. The molecule has 0 bridgehead atoms. The predicted molar refractivity (Wildman–Crippen MR) is 102 cm³/mol. The molecule has 126 valence electrons. The highest BCUT2D eigenvalue weighted by Crippen LogP contribution is 2.16. The van der Waals surface area contributed by atoms with Crippen molar-refractivity contribution >= 4 is 33.3 Å². The van der Waals surface area contributed by atoms with E-state index in [-0.39, 0.29) is 0 Å². The average Bonchev–Trinajstić information content (AvgIpc) is 3.04. The van der Waals surface area contributed by atoms with Gasteiger partial charge in [0.05, 0.1) is 5.69 Å². The molecule has 0 spiro atoms. The number of aryl methyl sites for hydroxylation is 1. The van der Waals surface area contributed by atoms with Crippen LogP contribution in [0.4, 0.5) is 5.69 Å². The topological polar surface area (TPSA) is 51.1 Å². The third kappa shape index (κ3) is 4.25. The molecule has 0 saturated heterocycles. The minimum absolute atomic E-state index is 0.369. The molecule has 5 heteroatoms. The molecule has 0 radical (unpaired) electrons. The summed E-state index contributed by atoms with van der Waals surface area (Å²) < 4.78 is 2.62. The van der Waals surface area contributed by atoms with Crippen molar-refractivity contribution in [3.63, 3.8) is 0 Å². The van der Waals surface area contributed by atoms with Crippen LogP contribution >= 0.6 is 15.9 Å². The van der Waals surface area contributed by atoms with E-state index >= 15 is 0 Å². The Balaban J connectivity index is 1.75. The first-order valence-electron chi connectivity index (χ1n) is 7.85. The second kappa shape index (κ2) is 7.49. The summed E-state index contributed by atoms with van der Waals surface area (Å²) in [7, 11) is 0. The van der Waals surface area contributed by atoms with E-state index in [1.54, 1.807) is 41.1 Å². The molecule has 4 nitrogen and oxygen atoms in total. The van der Waals surface area contributed by atoms with Crippen molar-refractivity contribution in [2.24, 2.45) is 0 Å². The molecule has 0 aliphatic rings. The molecule has 3 aromatic rings. The highest BCUT2D eigenvalue weighted by Gasteiger charge is 2.20. The smallest absolute Gasteiger partial charge is 0.298 e. The number of benzene rings is 2. The van der Waals surface area contributed by atoms with Crippen LogP contribution < -0.4 is 5.32 Å². The lowest BCUT2D eigenvalue weighted by Gasteiger charge is -2.09. The van der Waals surface area contributed by atoms with Gasteiger partial charge in [-0.25, -0.2) is 0 Å². The fourth-order valence-corrected chi connectivity index (χ4v) is 2.92. The van der Waals surface area contributed by atoms with Crippen molar-refractivity contribution in [3.05, 3.63) is 88.2 Å². The van der Waals surface area contributed by atoms with Crippen molar-refractivity contribution in [2.45, 2.75) is 13.5 Å². The van der Waals surface area contributed by atoms with Crippen LogP contribution in [0, 0.1) is 6.92 Å². The summed E-state index contributed by atoms with van der Waals surface area (Å²) in [6.07, 6.45) is 1.81. The summed E-state index contributed by atoms with van der Waals surface area (Å²) in [5.41, 5.74) is 3.20. The Bertz CT molecular complexity index is 913. The lowest BCUT2D eigenvalue weighted by Crippen LogP contribution is -2.25. The van der Waals surface area contributed by atoms with Gasteiger partial charge in [0, 0.05) is 22.9 Å². The van der Waals surface area contributed by atoms with E-state index in [2.05, 4.69) is 21.2 Å². The second-order valence-corrected chi connectivity index (χ2v) is 6.72. The SMILES string of the molecule is Cc1ccc(Cn2cccc2C(=O)C(=O)Nc2cccc(Br)c2)cc1. The summed E-state index contributed by atoms with van der Waals surface area (Å²) in [5.74, 6) is -1.21. The fraction of sp³-hybridized carbons (Fsp3) is 0.100. The highest BCUT2D eigenvalue weighted by atomic mass is 79.9. The molecule has 1 amide bonds. The Morgan fingerprint density at radius 2 is 1.80 bits per heavy atom. The monoisotopic (exact) mass is 396 g/mol. The van der Waals surface area contributed by atoms with Crippen LogP contribution in [0.3, 0.4) is 0 Å². The molecule has 1 N–H and O–H groups in total. The minimum Gasteiger partial charge on any atom is -0.340 e. The predicted octanol–water partition coefficient (Wildman–Crippen LogP) is 4.43. The van der Waals surface area contributed by atoms with E-state index in [1.807, 2.05) is 37.3 Å². The number of aromatic nitrogens is 1. The Morgan fingerprint density at radius 1 is 1.04 bits per heavy atom. The minimum atomic E-state index is -0.651. The molecule has 0 fully saturated rings. The van der Waals surface area contributed by atoms with Crippen molar-refractivity contribution in [3.8, 4) is 0 Å². The number of hydrogen-bond donors (Lipinski definition) is 1. The number of rotatable bonds is 5. The van der Waals surface area contributed by atoms with Crippen LogP contribution in [0.2, 0.25) is 0 Å². The van der Waals surface area contributed by atoms with Gasteiger partial charge in [0.25, 0.3) is 11.7 Å². The van der Waals surface area contributed by atoms with Gasteiger partial charge in [-0.2, -0.15) is 0 Å². The van der Waals surface area contributed by atoms with Crippen molar-refractivity contribution < 1.29 is 9.59 Å². The number of nitrogens with one attached hydrogen (secondary N) is 1. The molecule has 25 heavy (non-hydrogen) atoms. The van der Waals surface area contributed by atoms with E-state index in [9.17, 15) is 9.59 Å². The van der Waals surface area contributed by atoms with Gasteiger partial charge >= 0.3 is 0 Å². The molecular formula is C20H17BrN2O2. The maximum absolute atomic E-state index is 12.5. The zero-order chi connectivity index (χ0) is 17.8. The lowest BCUT2D eigenvalue weighted by atomic mass is 10.1. The van der Waals surface area contributed by atoms with Crippen molar-refractivity contribution in [1.82, 2.24) is 4.57 Å². The number of nitrogens with zero attached hydrogens (tertiary/aromatic N) is 1. The summed E-state index contributed by atoms with van der Waals surface area (Å²) in [4.78, 5) is 24.8. The average molecular weight is 397 g/mol. The van der Waals surface area contributed by atoms with Crippen LogP contribution in [0.1, 0.15) is 21.6 Å². The number of carbonyl (C=O) groups excluding carboxylic acids is 2. The van der Waals surface area contributed by atoms with Gasteiger partial charge in [0.1, 0.15) is 0 Å². The summed E-state index contributed by atoms with van der Waals surface area (Å²) in [6.45, 7) is 2.57. The number of carbonyl (C=O) groups is 2. The number of amides is 1. The first-order valence-corrected chi connectivity index (χ1v) is 8.64. The molecule has 0 aliphatic heterocycles. The molecular weight excluding hydrogens is 380 g/mol. The third-order valence-corrected chi connectivity index (χ3v) is 4.32. The largest absolute Gasteiger partial charge is 0.340 e. The Hall–Kier alpha value is -2.66. The van der Waals surface area contributed by atoms with E-state index in [0.29, 0.717) is 17.9 Å². The number of Topliss-reactive ketones (excluding diaryl/α,β-unsaturated/α-hetero) is 1. The standard InChI is InChI=1S/C20H17BrN2O2/c1-14-7-9-15(10-8-14)13-23-11-3-6-18(23)19(24)20(25)22-17-5-2-4-16(21)12-17/h2-12H,13H2,1H3,(H,22,25). The molecule has 3 rings (SSSR count). The van der Waals surface area contributed by atoms with Gasteiger partial charge in [0.15, 0.2) is 0 Å². The normalized spacial score (nSPS) is 10.5. The molecule has 1 heterocycles. The Labute approximate surface area is 154 Å². The van der Waals surface area contributed by atoms with Crippen LogP contribution in [0.5, 0.6) is 0 Å². The van der Waals surface area contributed by atoms with Gasteiger partial charge in [0.2, 0.25) is 0 Å². The van der Waals surface area contributed by atoms with Crippen LogP contribution in [0.15, 0.2) is 71.3 Å². The van der Waals surface area contributed by atoms with Crippen molar-refractivity contribution in [1.29, 1.82) is 0 Å². The van der Waals surface area contributed by atoms with Gasteiger partial charge in [-0.3, -0.25) is 9.59 Å². The zero-order valence-electron chi connectivity index (χ0n) is 13.7. The van der Waals surface area contributed by atoms with Crippen LogP contribution in [-0.4, -0.2) is 16.3 Å². The number of anilines is 1. The first-order chi connectivity index (χ1) is 12.0. The first kappa shape index (κ1) is 17.2. The molecule has 2 aromatic carbocycles. The lowest BCUT2D eigenvalue weighted by molar-refractivity contribution is -0.112. The summed E-state index contributed by atoms with van der Waals surface area (Å²) in [6, 6.07) is 18.7. The Kier molecular flexibility index (Phi) is 5.14. The second-order valence-electron chi connectivity index (χ2n) is 5.80.